The summed E-state index contributed by atoms with van der Waals surface area (Å²) in [5.41, 5.74) is 13.3. The van der Waals surface area contributed by atoms with Gasteiger partial charge in [0.05, 0.1) is 11.1 Å². The molecule has 0 aliphatic heterocycles. The number of hydrogen-bond donors (Lipinski definition) is 0. The molecule has 0 aliphatic carbocycles. The van der Waals surface area contributed by atoms with Crippen LogP contribution in [0, 0.1) is 0 Å². The molecule has 3 heteroatoms. The molecule has 3 nitrogen and oxygen atoms in total. The Hall–Kier alpha value is -6.58. The first-order valence-electron chi connectivity index (χ1n) is 16.5. The topological polar surface area (TPSA) is 38.9 Å². The average molecular weight is 627 g/mol. The van der Waals surface area contributed by atoms with E-state index >= 15 is 0 Å². The van der Waals surface area contributed by atoms with Crippen molar-refractivity contribution in [3.63, 3.8) is 0 Å². The van der Waals surface area contributed by atoms with Gasteiger partial charge in [-0.3, -0.25) is 0 Å². The molecular weight excluding hydrogens is 597 g/mol. The van der Waals surface area contributed by atoms with Gasteiger partial charge in [0, 0.05) is 16.5 Å². The van der Waals surface area contributed by atoms with Gasteiger partial charge in [-0.05, 0) is 80.9 Å². The van der Waals surface area contributed by atoms with Crippen LogP contribution in [-0.2, 0) is 0 Å². The summed E-state index contributed by atoms with van der Waals surface area (Å²) < 4.78 is 6.43. The summed E-state index contributed by atoms with van der Waals surface area (Å²) in [6.07, 6.45) is 0. The third-order valence-electron chi connectivity index (χ3n) is 9.08. The molecule has 9 aromatic rings. The third-order valence-corrected chi connectivity index (χ3v) is 9.08. The van der Waals surface area contributed by atoms with Crippen LogP contribution in [0.2, 0.25) is 0 Å². The summed E-state index contributed by atoms with van der Waals surface area (Å²) in [6, 6.07) is 63.5. The second kappa shape index (κ2) is 12.2. The van der Waals surface area contributed by atoms with Crippen LogP contribution in [0.5, 0.6) is 0 Å². The van der Waals surface area contributed by atoms with Gasteiger partial charge in [0.25, 0.3) is 0 Å². The maximum absolute atomic E-state index is 6.43. The fraction of sp³-hybridized carbons (Fsp3) is 0. The standard InChI is InChI=1S/C46H30N2O/c1-4-14-31(15-5-1)34-20-12-21-35(26-34)36-22-13-23-37(27-36)45-47-44(43-41-24-10-11-25-42(41)49-46(43)48-45)40-29-38(32-16-6-2-7-17-32)28-39(30-40)33-18-8-3-9-19-33/h1-30H. The fourth-order valence-corrected chi connectivity index (χ4v) is 6.67. The van der Waals surface area contributed by atoms with Gasteiger partial charge in [-0.25, -0.2) is 4.98 Å². The van der Waals surface area contributed by atoms with E-state index in [-0.39, 0.29) is 0 Å². The molecule has 230 valence electrons. The maximum atomic E-state index is 6.43. The Bertz CT molecular complexity index is 2530. The van der Waals surface area contributed by atoms with Gasteiger partial charge >= 0.3 is 0 Å². The first-order valence-corrected chi connectivity index (χ1v) is 16.5. The van der Waals surface area contributed by atoms with Crippen molar-refractivity contribution in [2.45, 2.75) is 0 Å². The average Bonchev–Trinajstić information content (AvgIpc) is 3.57. The van der Waals surface area contributed by atoms with Crippen molar-refractivity contribution in [3.05, 3.63) is 182 Å². The van der Waals surface area contributed by atoms with Crippen molar-refractivity contribution >= 4 is 22.1 Å². The van der Waals surface area contributed by atoms with E-state index in [1.165, 1.54) is 11.1 Å². The van der Waals surface area contributed by atoms with E-state index in [0.29, 0.717) is 11.5 Å². The minimum Gasteiger partial charge on any atom is -0.438 e. The Balaban J connectivity index is 1.24. The number of fused-ring (bicyclic) bond motifs is 3. The van der Waals surface area contributed by atoms with E-state index in [1.807, 2.05) is 24.3 Å². The largest absolute Gasteiger partial charge is 0.438 e. The number of furan rings is 1. The third kappa shape index (κ3) is 5.48. The predicted molar refractivity (Wildman–Crippen MR) is 202 cm³/mol. The molecule has 0 fully saturated rings. The van der Waals surface area contributed by atoms with Crippen molar-refractivity contribution in [2.24, 2.45) is 0 Å². The van der Waals surface area contributed by atoms with Gasteiger partial charge < -0.3 is 4.42 Å². The Morgan fingerprint density at radius 1 is 0.327 bits per heavy atom. The molecule has 0 radical (unpaired) electrons. The van der Waals surface area contributed by atoms with Crippen LogP contribution in [0.4, 0.5) is 0 Å². The molecule has 0 atom stereocenters. The smallest absolute Gasteiger partial charge is 0.231 e. The lowest BCUT2D eigenvalue weighted by molar-refractivity contribution is 0.653. The van der Waals surface area contributed by atoms with Crippen LogP contribution >= 0.6 is 0 Å². The van der Waals surface area contributed by atoms with Crippen LogP contribution < -0.4 is 0 Å². The number of benzene rings is 7. The molecule has 0 saturated heterocycles. The quantitative estimate of drug-likeness (QED) is 0.184. The highest BCUT2D eigenvalue weighted by Crippen LogP contribution is 2.40. The van der Waals surface area contributed by atoms with Gasteiger partial charge in [0.2, 0.25) is 5.71 Å². The Morgan fingerprint density at radius 2 is 0.755 bits per heavy atom. The molecule has 2 heterocycles. The van der Waals surface area contributed by atoms with Crippen LogP contribution in [-0.4, -0.2) is 9.97 Å². The van der Waals surface area contributed by atoms with E-state index in [0.717, 1.165) is 66.6 Å². The first kappa shape index (κ1) is 28.6. The SMILES string of the molecule is c1ccc(-c2cccc(-c3cccc(-c4nc(-c5cc(-c6ccccc6)cc(-c6ccccc6)c5)c5c(n4)oc4ccccc45)c3)c2)cc1. The van der Waals surface area contributed by atoms with E-state index in [9.17, 15) is 0 Å². The minimum atomic E-state index is 0.573. The van der Waals surface area contributed by atoms with E-state index < -0.39 is 0 Å². The Labute approximate surface area is 284 Å². The van der Waals surface area contributed by atoms with E-state index in [4.69, 9.17) is 14.4 Å². The van der Waals surface area contributed by atoms with Crippen LogP contribution in [0.25, 0.3) is 89.2 Å². The minimum absolute atomic E-state index is 0.573. The Kier molecular flexibility index (Phi) is 7.14. The molecule has 0 bridgehead atoms. The highest BCUT2D eigenvalue weighted by Gasteiger charge is 2.20. The predicted octanol–water partition coefficient (Wildman–Crippen LogP) is 12.4. The summed E-state index contributed by atoms with van der Waals surface area (Å²) in [6.45, 7) is 0. The number of para-hydroxylation sites is 1. The lowest BCUT2D eigenvalue weighted by Crippen LogP contribution is -1.95. The second-order valence-corrected chi connectivity index (χ2v) is 12.2. The number of hydrogen-bond acceptors (Lipinski definition) is 3. The number of nitrogens with zero attached hydrogens (tertiary/aromatic N) is 2. The summed E-state index contributed by atoms with van der Waals surface area (Å²) in [7, 11) is 0. The lowest BCUT2D eigenvalue weighted by atomic mass is 9.94. The van der Waals surface area contributed by atoms with Crippen molar-refractivity contribution in [1.82, 2.24) is 9.97 Å². The van der Waals surface area contributed by atoms with E-state index in [1.54, 1.807) is 0 Å². The molecule has 0 amide bonds. The van der Waals surface area contributed by atoms with Gasteiger partial charge in [0.1, 0.15) is 5.58 Å². The monoisotopic (exact) mass is 626 g/mol. The zero-order chi connectivity index (χ0) is 32.6. The van der Waals surface area contributed by atoms with Crippen molar-refractivity contribution in [3.8, 4) is 67.2 Å². The summed E-state index contributed by atoms with van der Waals surface area (Å²) in [5, 5.41) is 1.91. The highest BCUT2D eigenvalue weighted by atomic mass is 16.3. The Morgan fingerprint density at radius 3 is 1.37 bits per heavy atom. The summed E-state index contributed by atoms with van der Waals surface area (Å²) in [5.74, 6) is 0.619. The molecule has 9 rings (SSSR count). The van der Waals surface area contributed by atoms with Gasteiger partial charge in [-0.15, -0.1) is 0 Å². The van der Waals surface area contributed by atoms with Crippen LogP contribution in [0.15, 0.2) is 186 Å². The summed E-state index contributed by atoms with van der Waals surface area (Å²) in [4.78, 5) is 10.4. The molecule has 7 aromatic carbocycles. The molecule has 49 heavy (non-hydrogen) atoms. The fourth-order valence-electron chi connectivity index (χ4n) is 6.67. The zero-order valence-corrected chi connectivity index (χ0v) is 26.6. The lowest BCUT2D eigenvalue weighted by Gasteiger charge is -2.13. The highest BCUT2D eigenvalue weighted by molar-refractivity contribution is 6.11. The second-order valence-electron chi connectivity index (χ2n) is 12.2. The van der Waals surface area contributed by atoms with Crippen molar-refractivity contribution in [1.29, 1.82) is 0 Å². The molecular formula is C46H30N2O. The van der Waals surface area contributed by atoms with Crippen LogP contribution in [0.1, 0.15) is 0 Å². The molecule has 0 unspecified atom stereocenters. The summed E-state index contributed by atoms with van der Waals surface area (Å²) >= 11 is 0. The molecule has 0 aliphatic rings. The molecule has 2 aromatic heterocycles. The number of aromatic nitrogens is 2. The number of rotatable bonds is 6. The normalized spacial score (nSPS) is 11.3. The van der Waals surface area contributed by atoms with Crippen molar-refractivity contribution < 1.29 is 4.42 Å². The zero-order valence-electron chi connectivity index (χ0n) is 26.6. The first-order chi connectivity index (χ1) is 24.3. The molecule has 0 N–H and O–H groups in total. The van der Waals surface area contributed by atoms with Crippen LogP contribution in [0.3, 0.4) is 0 Å². The van der Waals surface area contributed by atoms with Gasteiger partial charge in [-0.1, -0.05) is 146 Å². The van der Waals surface area contributed by atoms with Gasteiger partial charge in [0.15, 0.2) is 5.82 Å². The molecule has 0 saturated carbocycles. The molecule has 0 spiro atoms. The van der Waals surface area contributed by atoms with Crippen molar-refractivity contribution in [2.75, 3.05) is 0 Å². The van der Waals surface area contributed by atoms with Gasteiger partial charge in [-0.2, -0.15) is 4.98 Å². The maximum Gasteiger partial charge on any atom is 0.231 e. The van der Waals surface area contributed by atoms with E-state index in [2.05, 4.69) is 158 Å².